The lowest BCUT2D eigenvalue weighted by atomic mass is 9.86. The standard InChI is InChI=1S/C18H14O7/c1-20-15-2-9(3-16-18(15)24-8-23-16)10-5-17(19)25-12-6-14-13(4-11(10)12)21-7-22-14/h2-4,6,10H,5,7-8H2,1H3/t10-/m1/s1. The molecule has 0 amide bonds. The molecule has 128 valence electrons. The highest BCUT2D eigenvalue weighted by Gasteiger charge is 2.33. The fourth-order valence-electron chi connectivity index (χ4n) is 3.39. The van der Waals surface area contributed by atoms with E-state index in [-0.39, 0.29) is 31.9 Å². The second-order valence-corrected chi connectivity index (χ2v) is 5.93. The van der Waals surface area contributed by atoms with E-state index in [0.717, 1.165) is 11.1 Å². The zero-order valence-corrected chi connectivity index (χ0v) is 13.4. The van der Waals surface area contributed by atoms with Crippen molar-refractivity contribution >= 4 is 5.97 Å². The molecule has 0 saturated heterocycles. The average molecular weight is 342 g/mol. The maximum Gasteiger partial charge on any atom is 0.312 e. The summed E-state index contributed by atoms with van der Waals surface area (Å²) in [6, 6.07) is 7.31. The Morgan fingerprint density at radius 2 is 1.68 bits per heavy atom. The molecule has 0 spiro atoms. The monoisotopic (exact) mass is 342 g/mol. The highest BCUT2D eigenvalue weighted by atomic mass is 16.7. The van der Waals surface area contributed by atoms with Gasteiger partial charge in [-0.15, -0.1) is 0 Å². The number of hydrogen-bond acceptors (Lipinski definition) is 7. The zero-order chi connectivity index (χ0) is 17.0. The molecule has 0 saturated carbocycles. The van der Waals surface area contributed by atoms with Gasteiger partial charge in [0, 0.05) is 17.5 Å². The van der Waals surface area contributed by atoms with Crippen molar-refractivity contribution in [1.82, 2.24) is 0 Å². The number of rotatable bonds is 2. The second-order valence-electron chi connectivity index (χ2n) is 5.93. The van der Waals surface area contributed by atoms with Gasteiger partial charge in [0.1, 0.15) is 5.75 Å². The van der Waals surface area contributed by atoms with Gasteiger partial charge in [-0.2, -0.15) is 0 Å². The van der Waals surface area contributed by atoms with E-state index in [9.17, 15) is 4.79 Å². The van der Waals surface area contributed by atoms with Gasteiger partial charge in [0.15, 0.2) is 23.0 Å². The van der Waals surface area contributed by atoms with E-state index < -0.39 is 0 Å². The number of ether oxygens (including phenoxy) is 6. The molecule has 3 heterocycles. The minimum atomic E-state index is -0.298. The molecule has 7 heteroatoms. The normalized spacial score (nSPS) is 19.4. The van der Waals surface area contributed by atoms with Gasteiger partial charge in [0.05, 0.1) is 13.5 Å². The number of benzene rings is 2. The Labute approximate surface area is 143 Å². The summed E-state index contributed by atoms with van der Waals surface area (Å²) in [5, 5.41) is 0. The summed E-state index contributed by atoms with van der Waals surface area (Å²) in [6.45, 7) is 0.311. The summed E-state index contributed by atoms with van der Waals surface area (Å²) < 4.78 is 32.6. The van der Waals surface area contributed by atoms with Gasteiger partial charge in [-0.3, -0.25) is 4.79 Å². The molecule has 7 nitrogen and oxygen atoms in total. The van der Waals surface area contributed by atoms with Crippen LogP contribution in [0.3, 0.4) is 0 Å². The van der Waals surface area contributed by atoms with Crippen LogP contribution in [-0.2, 0) is 4.79 Å². The van der Waals surface area contributed by atoms with E-state index in [0.29, 0.717) is 34.5 Å². The Bertz CT molecular complexity index is 889. The van der Waals surface area contributed by atoms with Crippen LogP contribution in [0.1, 0.15) is 23.5 Å². The smallest absolute Gasteiger partial charge is 0.312 e. The first-order valence-electron chi connectivity index (χ1n) is 7.84. The molecular weight excluding hydrogens is 328 g/mol. The molecule has 3 aliphatic heterocycles. The zero-order valence-electron chi connectivity index (χ0n) is 13.4. The van der Waals surface area contributed by atoms with Crippen LogP contribution in [0.5, 0.6) is 34.5 Å². The molecule has 0 aromatic heterocycles. The number of carbonyl (C=O) groups is 1. The van der Waals surface area contributed by atoms with Crippen LogP contribution < -0.4 is 28.4 Å². The molecular formula is C18H14O7. The third-order valence-corrected chi connectivity index (χ3v) is 4.56. The molecule has 0 aliphatic carbocycles. The lowest BCUT2D eigenvalue weighted by Gasteiger charge is -2.25. The Morgan fingerprint density at radius 3 is 2.52 bits per heavy atom. The van der Waals surface area contributed by atoms with Gasteiger partial charge in [-0.05, 0) is 23.8 Å². The van der Waals surface area contributed by atoms with Crippen LogP contribution in [-0.4, -0.2) is 26.7 Å². The molecule has 0 fully saturated rings. The first-order valence-corrected chi connectivity index (χ1v) is 7.84. The van der Waals surface area contributed by atoms with Crippen LogP contribution in [0.2, 0.25) is 0 Å². The largest absolute Gasteiger partial charge is 0.493 e. The molecule has 5 rings (SSSR count). The molecule has 3 aliphatic rings. The third-order valence-electron chi connectivity index (χ3n) is 4.56. The second kappa shape index (κ2) is 5.20. The van der Waals surface area contributed by atoms with Crippen LogP contribution in [0, 0.1) is 0 Å². The van der Waals surface area contributed by atoms with Crippen molar-refractivity contribution in [3.8, 4) is 34.5 Å². The molecule has 0 bridgehead atoms. The number of esters is 1. The van der Waals surface area contributed by atoms with Crippen molar-refractivity contribution < 1.29 is 33.2 Å². The van der Waals surface area contributed by atoms with E-state index in [1.54, 1.807) is 13.2 Å². The maximum absolute atomic E-state index is 12.1. The van der Waals surface area contributed by atoms with Crippen LogP contribution >= 0.6 is 0 Å². The average Bonchev–Trinajstić information content (AvgIpc) is 3.26. The Morgan fingerprint density at radius 1 is 0.920 bits per heavy atom. The van der Waals surface area contributed by atoms with Crippen LogP contribution in [0.25, 0.3) is 0 Å². The Balaban J connectivity index is 1.65. The summed E-state index contributed by atoms with van der Waals surface area (Å²) in [6.07, 6.45) is 0.218. The SMILES string of the molecule is COc1cc([C@H]2CC(=O)Oc3cc4c(cc32)OCO4)cc2c1OCO2. The molecule has 0 radical (unpaired) electrons. The summed E-state index contributed by atoms with van der Waals surface area (Å²) in [5.41, 5.74) is 1.75. The fourth-order valence-corrected chi connectivity index (χ4v) is 3.39. The summed E-state index contributed by atoms with van der Waals surface area (Å²) >= 11 is 0. The Hall–Kier alpha value is -3.09. The summed E-state index contributed by atoms with van der Waals surface area (Å²) in [7, 11) is 1.57. The summed E-state index contributed by atoms with van der Waals surface area (Å²) in [4.78, 5) is 12.1. The molecule has 0 unspecified atom stereocenters. The van der Waals surface area contributed by atoms with E-state index in [4.69, 9.17) is 28.4 Å². The topological polar surface area (TPSA) is 72.5 Å². The quantitative estimate of drug-likeness (QED) is 0.613. The van der Waals surface area contributed by atoms with E-state index in [2.05, 4.69) is 0 Å². The predicted octanol–water partition coefficient (Wildman–Crippen LogP) is 2.59. The van der Waals surface area contributed by atoms with Gasteiger partial charge in [-0.1, -0.05) is 0 Å². The van der Waals surface area contributed by atoms with Gasteiger partial charge in [0.25, 0.3) is 0 Å². The van der Waals surface area contributed by atoms with Crippen molar-refractivity contribution in [1.29, 1.82) is 0 Å². The van der Waals surface area contributed by atoms with Crippen molar-refractivity contribution in [2.75, 3.05) is 20.7 Å². The van der Waals surface area contributed by atoms with Gasteiger partial charge in [-0.25, -0.2) is 0 Å². The first-order chi connectivity index (χ1) is 12.2. The molecule has 0 N–H and O–H groups in total. The number of fused-ring (bicyclic) bond motifs is 3. The highest BCUT2D eigenvalue weighted by Crippen LogP contribution is 2.49. The first kappa shape index (κ1) is 14.3. The van der Waals surface area contributed by atoms with E-state index in [1.807, 2.05) is 18.2 Å². The maximum atomic E-state index is 12.1. The number of hydrogen-bond donors (Lipinski definition) is 0. The number of carbonyl (C=O) groups excluding carboxylic acids is 1. The Kier molecular flexibility index (Phi) is 2.97. The van der Waals surface area contributed by atoms with Gasteiger partial charge in [0.2, 0.25) is 19.3 Å². The van der Waals surface area contributed by atoms with E-state index >= 15 is 0 Å². The van der Waals surface area contributed by atoms with Crippen molar-refractivity contribution in [2.24, 2.45) is 0 Å². The fraction of sp³-hybridized carbons (Fsp3) is 0.278. The molecule has 2 aromatic rings. The lowest BCUT2D eigenvalue weighted by Crippen LogP contribution is -2.21. The van der Waals surface area contributed by atoms with E-state index in [1.165, 1.54) is 0 Å². The lowest BCUT2D eigenvalue weighted by molar-refractivity contribution is -0.135. The third kappa shape index (κ3) is 2.15. The molecule has 2 aromatic carbocycles. The van der Waals surface area contributed by atoms with Crippen molar-refractivity contribution in [3.63, 3.8) is 0 Å². The summed E-state index contributed by atoms with van der Waals surface area (Å²) in [5.74, 6) is 2.98. The predicted molar refractivity (Wildman–Crippen MR) is 83.8 cm³/mol. The minimum Gasteiger partial charge on any atom is -0.493 e. The van der Waals surface area contributed by atoms with Gasteiger partial charge < -0.3 is 28.4 Å². The van der Waals surface area contributed by atoms with Crippen LogP contribution in [0.15, 0.2) is 24.3 Å². The van der Waals surface area contributed by atoms with Crippen LogP contribution in [0.4, 0.5) is 0 Å². The van der Waals surface area contributed by atoms with Gasteiger partial charge >= 0.3 is 5.97 Å². The molecule has 25 heavy (non-hydrogen) atoms. The molecule has 1 atom stereocenters. The minimum absolute atomic E-state index is 0.150. The van der Waals surface area contributed by atoms with Crippen molar-refractivity contribution in [2.45, 2.75) is 12.3 Å². The number of methoxy groups -OCH3 is 1. The highest BCUT2D eigenvalue weighted by molar-refractivity contribution is 5.79. The van der Waals surface area contributed by atoms with Crippen molar-refractivity contribution in [3.05, 3.63) is 35.4 Å².